The molecule has 1 aromatic rings. The van der Waals surface area contributed by atoms with Gasteiger partial charge in [-0.3, -0.25) is 4.79 Å². The van der Waals surface area contributed by atoms with Gasteiger partial charge in [0.05, 0.1) is 5.75 Å². The lowest BCUT2D eigenvalue weighted by molar-refractivity contribution is -0.143. The molecule has 6 heteroatoms. The quantitative estimate of drug-likeness (QED) is 0.774. The normalized spacial score (nSPS) is 13.5. The summed E-state index contributed by atoms with van der Waals surface area (Å²) in [5.41, 5.74) is 0.922. The highest BCUT2D eigenvalue weighted by molar-refractivity contribution is 7.99. The Morgan fingerprint density at radius 3 is 2.48 bits per heavy atom. The number of amides is 1. The van der Waals surface area contributed by atoms with Gasteiger partial charge in [0.2, 0.25) is 5.91 Å². The Kier molecular flexibility index (Phi) is 7.22. The topological polar surface area (TPSA) is 66.4 Å². The summed E-state index contributed by atoms with van der Waals surface area (Å²) in [6.45, 7) is 3.68. The average Bonchev–Trinajstić information content (AvgIpc) is 2.45. The number of carbonyl (C=O) groups excluding carboxylic acids is 1. The number of aliphatic carboxylic acids is 1. The van der Waals surface area contributed by atoms with Crippen molar-refractivity contribution < 1.29 is 19.1 Å². The van der Waals surface area contributed by atoms with E-state index in [1.54, 1.807) is 19.1 Å². The fraction of sp³-hybridized carbons (Fsp3) is 0.467. The first-order valence-electron chi connectivity index (χ1n) is 6.78. The molecule has 0 spiro atoms. The summed E-state index contributed by atoms with van der Waals surface area (Å²) in [5.74, 6) is -0.962. The van der Waals surface area contributed by atoms with Gasteiger partial charge in [0, 0.05) is 5.75 Å². The van der Waals surface area contributed by atoms with Gasteiger partial charge in [-0.2, -0.15) is 0 Å². The fourth-order valence-corrected chi connectivity index (χ4v) is 2.54. The van der Waals surface area contributed by atoms with Crippen LogP contribution in [0.1, 0.15) is 25.8 Å². The minimum Gasteiger partial charge on any atom is -0.480 e. The maximum absolute atomic E-state index is 12.7. The molecule has 0 unspecified atom stereocenters. The number of hydrogen-bond donors (Lipinski definition) is 2. The number of carbonyl (C=O) groups is 2. The van der Waals surface area contributed by atoms with Crippen LogP contribution in [0.2, 0.25) is 0 Å². The maximum atomic E-state index is 12.7. The van der Waals surface area contributed by atoms with Gasteiger partial charge in [-0.05, 0) is 23.6 Å². The van der Waals surface area contributed by atoms with E-state index in [9.17, 15) is 14.0 Å². The van der Waals surface area contributed by atoms with Gasteiger partial charge in [-0.15, -0.1) is 11.8 Å². The van der Waals surface area contributed by atoms with Crippen LogP contribution in [0.3, 0.4) is 0 Å². The number of carboxylic acids is 1. The zero-order valence-electron chi connectivity index (χ0n) is 12.1. The van der Waals surface area contributed by atoms with E-state index in [0.717, 1.165) is 5.56 Å². The third-order valence-electron chi connectivity index (χ3n) is 3.21. The zero-order chi connectivity index (χ0) is 15.8. The number of hydrogen-bond acceptors (Lipinski definition) is 3. The van der Waals surface area contributed by atoms with Crippen molar-refractivity contribution in [3.05, 3.63) is 35.6 Å². The molecule has 0 radical (unpaired) electrons. The highest BCUT2D eigenvalue weighted by Crippen LogP contribution is 2.13. The maximum Gasteiger partial charge on any atom is 0.326 e. The third-order valence-corrected chi connectivity index (χ3v) is 4.21. The van der Waals surface area contributed by atoms with Gasteiger partial charge in [-0.25, -0.2) is 9.18 Å². The minimum absolute atomic E-state index is 0.117. The van der Waals surface area contributed by atoms with E-state index in [2.05, 4.69) is 5.32 Å². The predicted octanol–water partition coefficient (Wildman–Crippen LogP) is 2.67. The van der Waals surface area contributed by atoms with Crippen molar-refractivity contribution in [3.8, 4) is 0 Å². The number of benzene rings is 1. The monoisotopic (exact) mass is 313 g/mol. The number of thioether (sulfide) groups is 1. The summed E-state index contributed by atoms with van der Waals surface area (Å²) < 4.78 is 12.7. The summed E-state index contributed by atoms with van der Waals surface area (Å²) >= 11 is 1.37. The largest absolute Gasteiger partial charge is 0.480 e. The molecule has 2 atom stereocenters. The standard InChI is InChI=1S/C15H20FNO3S/c1-3-10(2)14(15(19)20)17-13(18)9-21-8-11-4-6-12(16)7-5-11/h4-7,10,14H,3,8-9H2,1-2H3,(H,17,18)(H,19,20)/t10-,14-/m0/s1. The Morgan fingerprint density at radius 1 is 1.33 bits per heavy atom. The predicted molar refractivity (Wildman–Crippen MR) is 81.6 cm³/mol. The molecule has 0 aromatic heterocycles. The Hall–Kier alpha value is -1.56. The van der Waals surface area contributed by atoms with Crippen LogP contribution in [0.25, 0.3) is 0 Å². The molecule has 0 aliphatic rings. The molecule has 0 aliphatic heterocycles. The molecule has 2 N–H and O–H groups in total. The van der Waals surface area contributed by atoms with Crippen LogP contribution in [0, 0.1) is 11.7 Å². The van der Waals surface area contributed by atoms with Crippen molar-refractivity contribution in [2.75, 3.05) is 5.75 Å². The van der Waals surface area contributed by atoms with Crippen LogP contribution in [0.5, 0.6) is 0 Å². The Balaban J connectivity index is 2.39. The van der Waals surface area contributed by atoms with E-state index in [4.69, 9.17) is 5.11 Å². The molecule has 21 heavy (non-hydrogen) atoms. The first-order valence-corrected chi connectivity index (χ1v) is 7.93. The smallest absolute Gasteiger partial charge is 0.326 e. The lowest BCUT2D eigenvalue weighted by Crippen LogP contribution is -2.45. The fourth-order valence-electron chi connectivity index (χ4n) is 1.74. The van der Waals surface area contributed by atoms with Crippen LogP contribution in [0.15, 0.2) is 24.3 Å². The summed E-state index contributed by atoms with van der Waals surface area (Å²) in [4.78, 5) is 22.9. The van der Waals surface area contributed by atoms with Gasteiger partial charge < -0.3 is 10.4 Å². The number of carboxylic acid groups (broad SMARTS) is 1. The first kappa shape index (κ1) is 17.5. The molecule has 116 valence electrons. The van der Waals surface area contributed by atoms with Crippen LogP contribution in [-0.4, -0.2) is 28.8 Å². The van der Waals surface area contributed by atoms with Crippen molar-refractivity contribution in [2.45, 2.75) is 32.1 Å². The molecule has 1 aromatic carbocycles. The first-order chi connectivity index (χ1) is 9.93. The second-order valence-corrected chi connectivity index (χ2v) is 5.87. The van der Waals surface area contributed by atoms with Crippen LogP contribution in [-0.2, 0) is 15.3 Å². The van der Waals surface area contributed by atoms with E-state index >= 15 is 0 Å². The molecule has 0 saturated heterocycles. The van der Waals surface area contributed by atoms with Crippen LogP contribution < -0.4 is 5.32 Å². The Labute approximate surface area is 128 Å². The van der Waals surface area contributed by atoms with E-state index < -0.39 is 12.0 Å². The van der Waals surface area contributed by atoms with Crippen molar-refractivity contribution in [2.24, 2.45) is 5.92 Å². The zero-order valence-corrected chi connectivity index (χ0v) is 13.0. The highest BCUT2D eigenvalue weighted by Gasteiger charge is 2.24. The molecule has 0 aliphatic carbocycles. The molecular weight excluding hydrogens is 293 g/mol. The Bertz CT molecular complexity index is 478. The number of nitrogens with one attached hydrogen (secondary N) is 1. The van der Waals surface area contributed by atoms with Gasteiger partial charge in [0.1, 0.15) is 11.9 Å². The van der Waals surface area contributed by atoms with Crippen LogP contribution in [0.4, 0.5) is 4.39 Å². The Morgan fingerprint density at radius 2 is 1.95 bits per heavy atom. The number of rotatable bonds is 8. The molecule has 0 bridgehead atoms. The summed E-state index contributed by atoms with van der Waals surface area (Å²) in [7, 11) is 0. The summed E-state index contributed by atoms with van der Waals surface area (Å²) in [5, 5.41) is 11.6. The minimum atomic E-state index is -1.01. The summed E-state index contributed by atoms with van der Waals surface area (Å²) in [6, 6.07) is 5.23. The van der Waals surface area contributed by atoms with Crippen molar-refractivity contribution in [1.82, 2.24) is 5.32 Å². The van der Waals surface area contributed by atoms with Crippen molar-refractivity contribution >= 4 is 23.6 Å². The second-order valence-electron chi connectivity index (χ2n) is 4.89. The van der Waals surface area contributed by atoms with Crippen molar-refractivity contribution in [3.63, 3.8) is 0 Å². The lowest BCUT2D eigenvalue weighted by atomic mass is 9.99. The molecular formula is C15H20FNO3S. The molecule has 0 heterocycles. The molecule has 0 fully saturated rings. The van der Waals surface area contributed by atoms with Crippen molar-refractivity contribution in [1.29, 1.82) is 0 Å². The molecule has 1 rings (SSSR count). The van der Waals surface area contributed by atoms with E-state index in [1.165, 1.54) is 23.9 Å². The second kappa shape index (κ2) is 8.67. The molecule has 4 nitrogen and oxygen atoms in total. The highest BCUT2D eigenvalue weighted by atomic mass is 32.2. The lowest BCUT2D eigenvalue weighted by Gasteiger charge is -2.19. The SMILES string of the molecule is CC[C@H](C)[C@H](NC(=O)CSCc1ccc(F)cc1)C(=O)O. The van der Waals surface area contributed by atoms with Gasteiger partial charge in [0.25, 0.3) is 0 Å². The average molecular weight is 313 g/mol. The molecule has 0 saturated carbocycles. The number of halogens is 1. The van der Waals surface area contributed by atoms with Gasteiger partial charge in [-0.1, -0.05) is 32.4 Å². The van der Waals surface area contributed by atoms with Crippen LogP contribution >= 0.6 is 11.8 Å². The molecule has 1 amide bonds. The third kappa shape index (κ3) is 6.16. The van der Waals surface area contributed by atoms with E-state index in [1.807, 2.05) is 6.92 Å². The van der Waals surface area contributed by atoms with Gasteiger partial charge in [0.15, 0.2) is 0 Å². The van der Waals surface area contributed by atoms with E-state index in [0.29, 0.717) is 12.2 Å². The summed E-state index contributed by atoms with van der Waals surface area (Å²) in [6.07, 6.45) is 0.681. The van der Waals surface area contributed by atoms with E-state index in [-0.39, 0.29) is 23.4 Å². The van der Waals surface area contributed by atoms with Gasteiger partial charge >= 0.3 is 5.97 Å².